The van der Waals surface area contributed by atoms with E-state index in [1.165, 1.54) is 30.4 Å². The summed E-state index contributed by atoms with van der Waals surface area (Å²) in [5.41, 5.74) is 0.638. The van der Waals surface area contributed by atoms with Gasteiger partial charge in [0, 0.05) is 39.5 Å². The molecule has 28 heavy (non-hydrogen) atoms. The summed E-state index contributed by atoms with van der Waals surface area (Å²) in [6, 6.07) is 8.86. The molecule has 6 nitrogen and oxygen atoms in total. The summed E-state index contributed by atoms with van der Waals surface area (Å²) < 4.78 is 13.5. The fraction of sp³-hybridized carbons (Fsp3) is 0.350. The predicted octanol–water partition coefficient (Wildman–Crippen LogP) is 1.92. The van der Waals surface area contributed by atoms with E-state index in [9.17, 15) is 18.8 Å². The van der Waals surface area contributed by atoms with Gasteiger partial charge in [0.05, 0.1) is 4.88 Å². The van der Waals surface area contributed by atoms with Gasteiger partial charge in [-0.1, -0.05) is 18.2 Å². The number of nitrogens with one attached hydrogen (secondary N) is 1. The fourth-order valence-corrected chi connectivity index (χ4v) is 3.94. The number of carbonyl (C=O) groups excluding carboxylic acids is 3. The molecule has 1 saturated heterocycles. The van der Waals surface area contributed by atoms with Crippen LogP contribution in [0, 0.1) is 5.82 Å². The third-order valence-electron chi connectivity index (χ3n) is 4.61. The SMILES string of the molecule is CC(=O)NC(Cc1cccc(F)c1)C(=O)N1CCN(C(=O)c2cccs2)CC1. The van der Waals surface area contributed by atoms with Crippen LogP contribution in [0.2, 0.25) is 0 Å². The number of thiophene rings is 1. The Bertz CT molecular complexity index is 848. The third-order valence-corrected chi connectivity index (χ3v) is 5.47. The molecule has 2 heterocycles. The van der Waals surface area contributed by atoms with Crippen molar-refractivity contribution in [3.8, 4) is 0 Å². The van der Waals surface area contributed by atoms with Crippen molar-refractivity contribution in [2.45, 2.75) is 19.4 Å². The van der Waals surface area contributed by atoms with Gasteiger partial charge < -0.3 is 15.1 Å². The van der Waals surface area contributed by atoms with Crippen LogP contribution in [0.25, 0.3) is 0 Å². The molecule has 2 aromatic rings. The van der Waals surface area contributed by atoms with Crippen LogP contribution < -0.4 is 5.32 Å². The number of nitrogens with zero attached hydrogens (tertiary/aromatic N) is 2. The average Bonchev–Trinajstić information content (AvgIpc) is 3.21. The molecule has 1 aliphatic heterocycles. The van der Waals surface area contributed by atoms with Crippen LogP contribution in [-0.4, -0.2) is 59.7 Å². The Morgan fingerprint density at radius 2 is 1.82 bits per heavy atom. The highest BCUT2D eigenvalue weighted by atomic mass is 32.1. The molecular weight excluding hydrogens is 381 g/mol. The molecule has 0 spiro atoms. The van der Waals surface area contributed by atoms with E-state index in [2.05, 4.69) is 5.32 Å². The number of benzene rings is 1. The van der Waals surface area contributed by atoms with Crippen molar-refractivity contribution >= 4 is 29.1 Å². The number of hydrogen-bond acceptors (Lipinski definition) is 4. The van der Waals surface area contributed by atoms with E-state index < -0.39 is 6.04 Å². The highest BCUT2D eigenvalue weighted by Gasteiger charge is 2.30. The van der Waals surface area contributed by atoms with Gasteiger partial charge in [-0.25, -0.2) is 4.39 Å². The van der Waals surface area contributed by atoms with Crippen molar-refractivity contribution in [2.24, 2.45) is 0 Å². The first kappa shape index (κ1) is 20.0. The lowest BCUT2D eigenvalue weighted by Gasteiger charge is -2.36. The summed E-state index contributed by atoms with van der Waals surface area (Å²) in [6.07, 6.45) is 0.213. The second-order valence-electron chi connectivity index (χ2n) is 6.68. The molecule has 1 aromatic carbocycles. The van der Waals surface area contributed by atoms with Crippen molar-refractivity contribution in [1.29, 1.82) is 0 Å². The number of piperazine rings is 1. The van der Waals surface area contributed by atoms with Crippen molar-refractivity contribution in [3.05, 3.63) is 58.0 Å². The molecule has 148 valence electrons. The highest BCUT2D eigenvalue weighted by molar-refractivity contribution is 7.12. The Hall–Kier alpha value is -2.74. The summed E-state index contributed by atoms with van der Waals surface area (Å²) in [4.78, 5) is 41.0. The van der Waals surface area contributed by atoms with E-state index in [-0.39, 0.29) is 30.0 Å². The van der Waals surface area contributed by atoms with Gasteiger partial charge in [0.25, 0.3) is 5.91 Å². The zero-order valence-corrected chi connectivity index (χ0v) is 16.4. The summed E-state index contributed by atoms with van der Waals surface area (Å²) in [5, 5.41) is 4.53. The maximum absolute atomic E-state index is 13.5. The summed E-state index contributed by atoms with van der Waals surface area (Å²) in [6.45, 7) is 3.03. The van der Waals surface area contributed by atoms with E-state index in [0.29, 0.717) is 36.6 Å². The van der Waals surface area contributed by atoms with E-state index in [0.717, 1.165) is 0 Å². The molecule has 1 atom stereocenters. The molecule has 1 aliphatic rings. The van der Waals surface area contributed by atoms with Gasteiger partial charge in [0.15, 0.2) is 0 Å². The molecule has 3 amide bonds. The Morgan fingerprint density at radius 3 is 2.43 bits per heavy atom. The van der Waals surface area contributed by atoms with Crippen LogP contribution in [-0.2, 0) is 16.0 Å². The molecule has 0 radical (unpaired) electrons. The van der Waals surface area contributed by atoms with Crippen molar-refractivity contribution in [1.82, 2.24) is 15.1 Å². The van der Waals surface area contributed by atoms with Crippen LogP contribution in [0.5, 0.6) is 0 Å². The fourth-order valence-electron chi connectivity index (χ4n) is 3.25. The Balaban J connectivity index is 1.63. The van der Waals surface area contributed by atoms with E-state index >= 15 is 0 Å². The van der Waals surface area contributed by atoms with E-state index in [1.54, 1.807) is 28.0 Å². The molecular formula is C20H22FN3O3S. The number of halogens is 1. The average molecular weight is 403 g/mol. The minimum Gasteiger partial charge on any atom is -0.344 e. The van der Waals surface area contributed by atoms with Crippen molar-refractivity contribution in [3.63, 3.8) is 0 Å². The second kappa shape index (κ2) is 8.97. The van der Waals surface area contributed by atoms with Gasteiger partial charge >= 0.3 is 0 Å². The Kier molecular flexibility index (Phi) is 6.41. The topological polar surface area (TPSA) is 69.7 Å². The number of hydrogen-bond donors (Lipinski definition) is 1. The summed E-state index contributed by atoms with van der Waals surface area (Å²) in [7, 11) is 0. The minimum atomic E-state index is -0.765. The van der Waals surface area contributed by atoms with Crippen LogP contribution in [0.15, 0.2) is 41.8 Å². The normalized spacial score (nSPS) is 15.2. The second-order valence-corrected chi connectivity index (χ2v) is 7.63. The summed E-state index contributed by atoms with van der Waals surface area (Å²) >= 11 is 1.40. The standard InChI is InChI=1S/C20H22FN3O3S/c1-14(25)22-17(13-15-4-2-5-16(21)12-15)19(26)23-7-9-24(10-8-23)20(27)18-6-3-11-28-18/h2-6,11-12,17H,7-10,13H2,1H3,(H,22,25). The monoisotopic (exact) mass is 403 g/mol. The number of amides is 3. The van der Waals surface area contributed by atoms with Gasteiger partial charge in [-0.05, 0) is 29.1 Å². The van der Waals surface area contributed by atoms with Crippen LogP contribution >= 0.6 is 11.3 Å². The highest BCUT2D eigenvalue weighted by Crippen LogP contribution is 2.15. The third kappa shape index (κ3) is 4.95. The lowest BCUT2D eigenvalue weighted by molar-refractivity contribution is -0.137. The summed E-state index contributed by atoms with van der Waals surface area (Å²) in [5.74, 6) is -0.948. The maximum Gasteiger partial charge on any atom is 0.264 e. The van der Waals surface area contributed by atoms with Crippen LogP contribution in [0.4, 0.5) is 4.39 Å². The van der Waals surface area contributed by atoms with E-state index in [1.807, 2.05) is 11.4 Å². The molecule has 3 rings (SSSR count). The number of carbonyl (C=O) groups is 3. The largest absolute Gasteiger partial charge is 0.344 e. The van der Waals surface area contributed by atoms with Gasteiger partial charge in [0.1, 0.15) is 11.9 Å². The first-order valence-corrected chi connectivity index (χ1v) is 9.95. The van der Waals surface area contributed by atoms with Gasteiger partial charge in [-0.15, -0.1) is 11.3 Å². The zero-order chi connectivity index (χ0) is 20.1. The molecule has 1 fully saturated rings. The molecule has 1 unspecified atom stereocenters. The first-order valence-electron chi connectivity index (χ1n) is 9.07. The van der Waals surface area contributed by atoms with E-state index in [4.69, 9.17) is 0 Å². The first-order chi connectivity index (χ1) is 13.4. The minimum absolute atomic E-state index is 0.0275. The zero-order valence-electron chi connectivity index (χ0n) is 15.6. The Morgan fingerprint density at radius 1 is 1.11 bits per heavy atom. The van der Waals surface area contributed by atoms with Gasteiger partial charge in [-0.3, -0.25) is 14.4 Å². The lowest BCUT2D eigenvalue weighted by atomic mass is 10.0. The van der Waals surface area contributed by atoms with Gasteiger partial charge in [-0.2, -0.15) is 0 Å². The maximum atomic E-state index is 13.5. The Labute approximate surface area is 166 Å². The molecule has 1 aromatic heterocycles. The molecule has 0 aliphatic carbocycles. The smallest absolute Gasteiger partial charge is 0.264 e. The van der Waals surface area contributed by atoms with Crippen LogP contribution in [0.1, 0.15) is 22.2 Å². The number of rotatable bonds is 5. The quantitative estimate of drug-likeness (QED) is 0.829. The molecule has 0 bridgehead atoms. The predicted molar refractivity (Wildman–Crippen MR) is 105 cm³/mol. The molecule has 0 saturated carbocycles. The van der Waals surface area contributed by atoms with Crippen LogP contribution in [0.3, 0.4) is 0 Å². The van der Waals surface area contributed by atoms with Crippen molar-refractivity contribution in [2.75, 3.05) is 26.2 Å². The molecule has 8 heteroatoms. The van der Waals surface area contributed by atoms with Gasteiger partial charge in [0.2, 0.25) is 11.8 Å². The lowest BCUT2D eigenvalue weighted by Crippen LogP contribution is -2.56. The van der Waals surface area contributed by atoms with Crippen molar-refractivity contribution < 1.29 is 18.8 Å². The molecule has 1 N–H and O–H groups in total.